The van der Waals surface area contributed by atoms with Gasteiger partial charge < -0.3 is 43.6 Å². The van der Waals surface area contributed by atoms with E-state index in [0.717, 1.165) is 49.8 Å². The molecule has 2 N–H and O–H groups in total. The van der Waals surface area contributed by atoms with Gasteiger partial charge in [0.15, 0.2) is 28.7 Å². The number of carbonyl (C=O) groups excluding carboxylic acids is 3. The Bertz CT molecular complexity index is 2710. The third-order valence-electron chi connectivity index (χ3n) is 13.5. The van der Waals surface area contributed by atoms with E-state index in [4.69, 9.17) is 45.1 Å². The summed E-state index contributed by atoms with van der Waals surface area (Å²) in [6.45, 7) is 3.10. The number of methoxy groups -OCH3 is 2. The number of hydrogen-bond acceptors (Lipinski definition) is 12. The van der Waals surface area contributed by atoms with Crippen LogP contribution in [0.25, 0.3) is 22.3 Å². The summed E-state index contributed by atoms with van der Waals surface area (Å²) in [5.41, 5.74) is 4.96. The van der Waals surface area contributed by atoms with E-state index in [1.165, 1.54) is 6.33 Å². The van der Waals surface area contributed by atoms with E-state index in [1.54, 1.807) is 37.1 Å². The highest BCUT2D eigenvalue weighted by atomic mass is 35.5. The van der Waals surface area contributed by atoms with Crippen molar-refractivity contribution in [1.29, 1.82) is 0 Å². The van der Waals surface area contributed by atoms with Crippen LogP contribution in [0.5, 0.6) is 34.5 Å². The number of halogens is 1. The van der Waals surface area contributed by atoms with E-state index < -0.39 is 12.1 Å². The standard InChI is InChI=1S/C49H52ClN7O9/c1-27-45(44-43(53-27)42(51-25-52-44)40-37(63-24-28-12-13-28)16-17-38-46(40)65-26-64-38)66-49(60)54-35(22-29-8-4-7-11-34(29)50)48(59)56-20-18-31(19-21-56)57-47(58)33-10-6-5-9-32(33)41(55-57)30-14-15-36(61-2)39(23-30)62-3/h4,7-8,11,14-17,23,25,28,31-33,35,53H,5-6,9-10,12-13,18-22,24,26H2,1-3H3,(H,54,60)/t32-,33+,35-/m0/s1. The van der Waals surface area contributed by atoms with E-state index in [9.17, 15) is 14.4 Å². The van der Waals surface area contributed by atoms with Crippen LogP contribution >= 0.6 is 11.6 Å². The van der Waals surface area contributed by atoms with Gasteiger partial charge in [-0.3, -0.25) is 9.59 Å². The first kappa shape index (κ1) is 43.3. The second-order valence-electron chi connectivity index (χ2n) is 17.6. The molecule has 2 aromatic heterocycles. The Hall–Kier alpha value is -6.55. The number of likely N-dealkylation sites (tertiary alicyclic amines) is 1. The molecule has 3 aromatic carbocycles. The number of benzene rings is 3. The molecule has 66 heavy (non-hydrogen) atoms. The molecule has 344 valence electrons. The van der Waals surface area contributed by atoms with E-state index in [-0.39, 0.29) is 48.7 Å². The zero-order valence-corrected chi connectivity index (χ0v) is 37.9. The first-order valence-corrected chi connectivity index (χ1v) is 23.1. The lowest BCUT2D eigenvalue weighted by Crippen LogP contribution is -2.56. The quantitative estimate of drug-likeness (QED) is 0.117. The highest BCUT2D eigenvalue weighted by Gasteiger charge is 2.44. The Balaban J connectivity index is 0.878. The topological polar surface area (TPSA) is 179 Å². The third-order valence-corrected chi connectivity index (χ3v) is 13.8. The van der Waals surface area contributed by atoms with Crippen molar-refractivity contribution in [1.82, 2.24) is 30.2 Å². The summed E-state index contributed by atoms with van der Waals surface area (Å²) in [7, 11) is 3.21. The summed E-state index contributed by atoms with van der Waals surface area (Å²) < 4.78 is 35.1. The predicted molar refractivity (Wildman–Crippen MR) is 244 cm³/mol. The molecule has 0 unspecified atom stereocenters. The SMILES string of the molecule is COc1ccc(C2=NN(C3CCN(C(=O)[C@H](Cc4ccccc4Cl)NC(=O)Oc4c(C)[nH]c5c(-c6c(OCC7CC7)ccc7c6OCO7)ncnc45)CC3)C(=O)[C@@H]3CCCC[C@H]23)cc1OC. The zero-order chi connectivity index (χ0) is 45.5. The number of aryl methyl sites for hydroxylation is 1. The van der Waals surface area contributed by atoms with Gasteiger partial charge in [-0.2, -0.15) is 5.10 Å². The molecule has 0 spiro atoms. The molecular weight excluding hydrogens is 866 g/mol. The number of carbonyl (C=O) groups is 3. The molecule has 2 saturated carbocycles. The first-order chi connectivity index (χ1) is 32.2. The number of hydrogen-bond donors (Lipinski definition) is 2. The molecular formula is C49H52ClN7O9. The molecule has 10 rings (SSSR count). The lowest BCUT2D eigenvalue weighted by molar-refractivity contribution is -0.143. The number of H-pyrrole nitrogens is 1. The number of nitrogens with zero attached hydrogens (tertiary/aromatic N) is 5. The van der Waals surface area contributed by atoms with Crippen molar-refractivity contribution in [2.24, 2.45) is 22.9 Å². The summed E-state index contributed by atoms with van der Waals surface area (Å²) in [5, 5.41) is 10.1. The van der Waals surface area contributed by atoms with Crippen molar-refractivity contribution >= 4 is 46.3 Å². The van der Waals surface area contributed by atoms with Crippen LogP contribution in [0.1, 0.15) is 68.2 Å². The average molecular weight is 918 g/mol. The van der Waals surface area contributed by atoms with Crippen LogP contribution < -0.4 is 33.7 Å². The molecule has 17 heteroatoms. The molecule has 5 aliphatic rings. The van der Waals surface area contributed by atoms with Crippen molar-refractivity contribution in [3.63, 3.8) is 0 Å². The van der Waals surface area contributed by atoms with Crippen molar-refractivity contribution in [3.05, 3.63) is 82.8 Å². The second-order valence-corrected chi connectivity index (χ2v) is 18.0. The van der Waals surface area contributed by atoms with Crippen LogP contribution in [0.3, 0.4) is 0 Å². The number of fused-ring (bicyclic) bond motifs is 3. The molecule has 16 nitrogen and oxygen atoms in total. The van der Waals surface area contributed by atoms with E-state index >= 15 is 0 Å². The largest absolute Gasteiger partial charge is 0.493 e. The molecule has 0 bridgehead atoms. The molecule has 2 aliphatic carbocycles. The molecule has 0 radical (unpaired) electrons. The highest BCUT2D eigenvalue weighted by Crippen LogP contribution is 2.49. The number of piperidine rings is 1. The van der Waals surface area contributed by atoms with Gasteiger partial charge in [0.1, 0.15) is 29.3 Å². The Kier molecular flexibility index (Phi) is 12.1. The summed E-state index contributed by atoms with van der Waals surface area (Å²) >= 11 is 6.63. The van der Waals surface area contributed by atoms with Crippen LogP contribution in [0.15, 0.2) is 66.0 Å². The summed E-state index contributed by atoms with van der Waals surface area (Å²) in [4.78, 5) is 57.0. The normalized spacial score (nSPS) is 19.8. The van der Waals surface area contributed by atoms with Gasteiger partial charge in [0.05, 0.1) is 49.4 Å². The molecule has 5 aromatic rings. The monoisotopic (exact) mass is 917 g/mol. The summed E-state index contributed by atoms with van der Waals surface area (Å²) in [6.07, 6.45) is 7.65. The van der Waals surface area contributed by atoms with E-state index in [1.807, 2.05) is 48.5 Å². The van der Waals surface area contributed by atoms with Crippen molar-refractivity contribution in [3.8, 4) is 45.8 Å². The van der Waals surface area contributed by atoms with Crippen molar-refractivity contribution in [2.45, 2.75) is 76.8 Å². The van der Waals surface area contributed by atoms with E-state index in [2.05, 4.69) is 20.3 Å². The van der Waals surface area contributed by atoms with E-state index in [0.29, 0.717) is 106 Å². The number of nitrogens with one attached hydrogen (secondary N) is 2. The molecule has 5 heterocycles. The summed E-state index contributed by atoms with van der Waals surface area (Å²) in [6, 6.07) is 15.4. The zero-order valence-electron chi connectivity index (χ0n) is 37.1. The van der Waals surface area contributed by atoms with Crippen LogP contribution in [0.4, 0.5) is 4.79 Å². The fourth-order valence-electron chi connectivity index (χ4n) is 9.80. The second kappa shape index (κ2) is 18.4. The van der Waals surface area contributed by atoms with Gasteiger partial charge >= 0.3 is 6.09 Å². The number of hydrazone groups is 1. The Morgan fingerprint density at radius 2 is 1.70 bits per heavy atom. The van der Waals surface area contributed by atoms with Gasteiger partial charge in [0.2, 0.25) is 18.6 Å². The summed E-state index contributed by atoms with van der Waals surface area (Å²) in [5.74, 6) is 3.17. The maximum atomic E-state index is 14.6. The number of aromatic amines is 1. The fraction of sp³-hybridized carbons (Fsp3) is 0.429. The van der Waals surface area contributed by atoms with Crippen LogP contribution in [0, 0.1) is 24.7 Å². The lowest BCUT2D eigenvalue weighted by atomic mass is 9.73. The van der Waals surface area contributed by atoms with Crippen molar-refractivity contribution in [2.75, 3.05) is 40.7 Å². The highest BCUT2D eigenvalue weighted by molar-refractivity contribution is 6.31. The fourth-order valence-corrected chi connectivity index (χ4v) is 10.0. The van der Waals surface area contributed by atoms with Gasteiger partial charge in [0, 0.05) is 41.9 Å². The minimum atomic E-state index is -1.03. The number of aromatic nitrogens is 3. The smallest absolute Gasteiger partial charge is 0.413 e. The molecule has 3 amide bonds. The number of amides is 3. The molecule has 1 saturated heterocycles. The van der Waals surface area contributed by atoms with Crippen LogP contribution in [-0.4, -0.2) is 101 Å². The lowest BCUT2D eigenvalue weighted by Gasteiger charge is -2.43. The van der Waals surface area contributed by atoms with Crippen LogP contribution in [-0.2, 0) is 16.0 Å². The van der Waals surface area contributed by atoms with Gasteiger partial charge in [-0.15, -0.1) is 0 Å². The van der Waals surface area contributed by atoms with Gasteiger partial charge in [-0.05, 0) is 93.3 Å². The van der Waals surface area contributed by atoms with Crippen molar-refractivity contribution < 1.29 is 42.8 Å². The Labute approximate surface area is 386 Å². The third kappa shape index (κ3) is 8.42. The number of rotatable bonds is 13. The Morgan fingerprint density at radius 1 is 0.924 bits per heavy atom. The predicted octanol–water partition coefficient (Wildman–Crippen LogP) is 7.87. The average Bonchev–Trinajstić information content (AvgIpc) is 3.96. The first-order valence-electron chi connectivity index (χ1n) is 22.7. The molecule has 3 fully saturated rings. The van der Waals surface area contributed by atoms with Gasteiger partial charge in [-0.1, -0.05) is 42.6 Å². The van der Waals surface area contributed by atoms with Gasteiger partial charge in [-0.25, -0.2) is 19.8 Å². The minimum absolute atomic E-state index is 0.0134. The maximum absolute atomic E-state index is 14.6. The molecule has 3 aliphatic heterocycles. The minimum Gasteiger partial charge on any atom is -0.493 e. The van der Waals surface area contributed by atoms with Gasteiger partial charge in [0.25, 0.3) is 0 Å². The molecule has 3 atom stereocenters. The number of ether oxygens (including phenoxy) is 6. The van der Waals surface area contributed by atoms with Crippen LogP contribution in [0.2, 0.25) is 5.02 Å². The Morgan fingerprint density at radius 3 is 2.47 bits per heavy atom. The maximum Gasteiger partial charge on any atom is 0.413 e.